The highest BCUT2D eigenvalue weighted by Crippen LogP contribution is 2.27. The maximum Gasteiger partial charge on any atom is 0.255 e. The maximum atomic E-state index is 12.9. The van der Waals surface area contributed by atoms with Gasteiger partial charge in [0.25, 0.3) is 5.91 Å². The zero-order valence-electron chi connectivity index (χ0n) is 11.8. The number of thioether (sulfide) groups is 1. The van der Waals surface area contributed by atoms with Crippen molar-refractivity contribution in [1.82, 2.24) is 4.90 Å². The van der Waals surface area contributed by atoms with E-state index in [0.717, 1.165) is 49.3 Å². The third-order valence-corrected chi connectivity index (χ3v) is 6.12. The lowest BCUT2D eigenvalue weighted by molar-refractivity contribution is 0.0441. The van der Waals surface area contributed by atoms with E-state index in [1.165, 1.54) is 5.75 Å². The average molecular weight is 311 g/mol. The van der Waals surface area contributed by atoms with Gasteiger partial charge in [0.05, 0.1) is 11.7 Å². The summed E-state index contributed by atoms with van der Waals surface area (Å²) >= 11 is 3.57. The predicted molar refractivity (Wildman–Crippen MR) is 84.8 cm³/mol. The Morgan fingerprint density at radius 2 is 2.35 bits per heavy atom. The van der Waals surface area contributed by atoms with Gasteiger partial charge in [0, 0.05) is 30.3 Å². The molecule has 2 unspecified atom stereocenters. The van der Waals surface area contributed by atoms with E-state index in [0.29, 0.717) is 6.04 Å². The smallest absolute Gasteiger partial charge is 0.255 e. The second kappa shape index (κ2) is 6.50. The Bertz CT molecular complexity index is 462. The molecule has 1 aromatic rings. The number of carbonyl (C=O) groups is 1. The molecule has 2 aliphatic rings. The summed E-state index contributed by atoms with van der Waals surface area (Å²) in [5.74, 6) is 2.44. The van der Waals surface area contributed by atoms with Gasteiger partial charge in [-0.05, 0) is 42.9 Å². The van der Waals surface area contributed by atoms with Crippen LogP contribution in [0.15, 0.2) is 10.8 Å². The van der Waals surface area contributed by atoms with Crippen molar-refractivity contribution in [2.45, 2.75) is 38.3 Å². The largest absolute Gasteiger partial charge is 0.376 e. The summed E-state index contributed by atoms with van der Waals surface area (Å²) in [6, 6.07) is 0.385. The van der Waals surface area contributed by atoms with E-state index < -0.39 is 0 Å². The summed E-state index contributed by atoms with van der Waals surface area (Å²) in [5, 5.41) is 4.04. The van der Waals surface area contributed by atoms with Crippen molar-refractivity contribution in [2.24, 2.45) is 0 Å². The van der Waals surface area contributed by atoms with E-state index in [1.807, 2.05) is 24.1 Å². The Labute approximate surface area is 128 Å². The van der Waals surface area contributed by atoms with Crippen molar-refractivity contribution in [1.29, 1.82) is 0 Å². The minimum atomic E-state index is 0.201. The van der Waals surface area contributed by atoms with Gasteiger partial charge in [-0.3, -0.25) is 4.79 Å². The van der Waals surface area contributed by atoms with Crippen LogP contribution in [0.1, 0.15) is 35.2 Å². The van der Waals surface area contributed by atoms with Gasteiger partial charge in [0.15, 0.2) is 0 Å². The van der Waals surface area contributed by atoms with Crippen LogP contribution in [0.3, 0.4) is 0 Å². The molecule has 2 saturated heterocycles. The first-order chi connectivity index (χ1) is 9.75. The molecule has 0 spiro atoms. The molecule has 0 aromatic carbocycles. The molecule has 20 heavy (non-hydrogen) atoms. The first kappa shape index (κ1) is 14.4. The van der Waals surface area contributed by atoms with Gasteiger partial charge in [-0.2, -0.15) is 23.1 Å². The number of ether oxygens (including phenoxy) is 1. The molecule has 3 nitrogen and oxygen atoms in total. The fourth-order valence-electron chi connectivity index (χ4n) is 2.91. The number of thiophene rings is 1. The van der Waals surface area contributed by atoms with Crippen molar-refractivity contribution < 1.29 is 9.53 Å². The lowest BCUT2D eigenvalue weighted by Crippen LogP contribution is -2.44. The van der Waals surface area contributed by atoms with Crippen LogP contribution < -0.4 is 0 Å². The topological polar surface area (TPSA) is 29.5 Å². The van der Waals surface area contributed by atoms with Crippen molar-refractivity contribution >= 4 is 29.0 Å². The molecule has 0 bridgehead atoms. The first-order valence-corrected chi connectivity index (χ1v) is 9.38. The normalized spacial score (nSPS) is 26.1. The fourth-order valence-corrected chi connectivity index (χ4v) is 4.95. The number of nitrogens with zero attached hydrogens (tertiary/aromatic N) is 1. The molecule has 2 fully saturated rings. The molecule has 1 aromatic heterocycles. The van der Waals surface area contributed by atoms with E-state index >= 15 is 0 Å². The monoisotopic (exact) mass is 311 g/mol. The summed E-state index contributed by atoms with van der Waals surface area (Å²) < 4.78 is 5.74. The molecule has 0 N–H and O–H groups in total. The van der Waals surface area contributed by atoms with Gasteiger partial charge in [0.1, 0.15) is 0 Å². The highest BCUT2D eigenvalue weighted by Gasteiger charge is 2.31. The summed E-state index contributed by atoms with van der Waals surface area (Å²) in [5.41, 5.74) is 1.98. The minimum absolute atomic E-state index is 0.201. The van der Waals surface area contributed by atoms with Crippen LogP contribution in [0, 0.1) is 6.92 Å². The Hall–Kier alpha value is -0.520. The van der Waals surface area contributed by atoms with Crippen LogP contribution in [0.25, 0.3) is 0 Å². The van der Waals surface area contributed by atoms with E-state index in [1.54, 1.807) is 11.3 Å². The number of amides is 1. The van der Waals surface area contributed by atoms with E-state index in [4.69, 9.17) is 4.74 Å². The molecule has 0 radical (unpaired) electrons. The number of rotatable bonds is 4. The number of aryl methyl sites for hydroxylation is 1. The summed E-state index contributed by atoms with van der Waals surface area (Å²) in [7, 11) is 0. The molecular weight excluding hydrogens is 290 g/mol. The second-order valence-corrected chi connectivity index (χ2v) is 7.47. The minimum Gasteiger partial charge on any atom is -0.376 e. The van der Waals surface area contributed by atoms with Crippen LogP contribution in [0.4, 0.5) is 0 Å². The molecular formula is C15H21NO2S2. The lowest BCUT2D eigenvalue weighted by Gasteiger charge is -2.30. The average Bonchev–Trinajstić information content (AvgIpc) is 3.17. The standard InChI is InChI=1S/C15H21NO2S2/c1-11-8-20-10-14(11)15(17)16(12-4-6-19-9-12)7-13-3-2-5-18-13/h8,10,12-13H,2-7,9H2,1H3. The lowest BCUT2D eigenvalue weighted by atomic mass is 10.1. The van der Waals surface area contributed by atoms with E-state index in [2.05, 4.69) is 10.3 Å². The van der Waals surface area contributed by atoms with Crippen LogP contribution in [-0.4, -0.2) is 47.6 Å². The van der Waals surface area contributed by atoms with Crippen molar-refractivity contribution in [3.05, 3.63) is 21.9 Å². The van der Waals surface area contributed by atoms with Crippen LogP contribution in [0.2, 0.25) is 0 Å². The van der Waals surface area contributed by atoms with Crippen molar-refractivity contribution in [3.8, 4) is 0 Å². The third-order valence-electron chi connectivity index (χ3n) is 4.12. The molecule has 2 atom stereocenters. The fraction of sp³-hybridized carbons (Fsp3) is 0.667. The predicted octanol–water partition coefficient (Wildman–Crippen LogP) is 3.18. The van der Waals surface area contributed by atoms with Gasteiger partial charge in [-0.1, -0.05) is 0 Å². The highest BCUT2D eigenvalue weighted by atomic mass is 32.2. The molecule has 0 saturated carbocycles. The van der Waals surface area contributed by atoms with Crippen molar-refractivity contribution in [2.75, 3.05) is 24.7 Å². The number of carbonyl (C=O) groups excluding carboxylic acids is 1. The Kier molecular flexibility index (Phi) is 4.68. The molecule has 3 heterocycles. The van der Waals surface area contributed by atoms with E-state index in [-0.39, 0.29) is 12.0 Å². The van der Waals surface area contributed by atoms with Gasteiger partial charge >= 0.3 is 0 Å². The summed E-state index contributed by atoms with van der Waals surface area (Å²) in [4.78, 5) is 15.0. The van der Waals surface area contributed by atoms with Gasteiger partial charge in [0.2, 0.25) is 0 Å². The Balaban J connectivity index is 1.76. The van der Waals surface area contributed by atoms with Crippen molar-refractivity contribution in [3.63, 3.8) is 0 Å². The molecule has 2 aliphatic heterocycles. The van der Waals surface area contributed by atoms with Gasteiger partial charge < -0.3 is 9.64 Å². The molecule has 110 valence electrons. The molecule has 1 amide bonds. The highest BCUT2D eigenvalue weighted by molar-refractivity contribution is 7.99. The SMILES string of the molecule is Cc1cscc1C(=O)N(CC1CCCO1)C1CCSC1. The summed E-state index contributed by atoms with van der Waals surface area (Å²) in [6.07, 6.45) is 3.57. The van der Waals surface area contributed by atoms with Gasteiger partial charge in [-0.25, -0.2) is 0 Å². The van der Waals surface area contributed by atoms with Crippen LogP contribution >= 0.6 is 23.1 Å². The third kappa shape index (κ3) is 3.05. The quantitative estimate of drug-likeness (QED) is 0.855. The van der Waals surface area contributed by atoms with Crippen LogP contribution in [0.5, 0.6) is 0 Å². The molecule has 0 aliphatic carbocycles. The zero-order chi connectivity index (χ0) is 13.9. The van der Waals surface area contributed by atoms with E-state index in [9.17, 15) is 4.79 Å². The van der Waals surface area contributed by atoms with Gasteiger partial charge in [-0.15, -0.1) is 0 Å². The Morgan fingerprint density at radius 3 is 2.95 bits per heavy atom. The summed E-state index contributed by atoms with van der Waals surface area (Å²) in [6.45, 7) is 3.64. The maximum absolute atomic E-state index is 12.9. The second-order valence-electron chi connectivity index (χ2n) is 5.58. The first-order valence-electron chi connectivity index (χ1n) is 7.29. The molecule has 5 heteroatoms. The molecule has 3 rings (SSSR count). The number of hydrogen-bond donors (Lipinski definition) is 0. The zero-order valence-corrected chi connectivity index (χ0v) is 13.5. The van der Waals surface area contributed by atoms with Crippen LogP contribution in [-0.2, 0) is 4.74 Å². The number of hydrogen-bond acceptors (Lipinski definition) is 4. The Morgan fingerprint density at radius 1 is 1.45 bits per heavy atom.